The minimum absolute atomic E-state index is 0.0866. The second kappa shape index (κ2) is 6.50. The van der Waals surface area contributed by atoms with Crippen molar-refractivity contribution in [2.75, 3.05) is 6.54 Å². The zero-order chi connectivity index (χ0) is 13.7. The maximum atomic E-state index is 11.9. The van der Waals surface area contributed by atoms with E-state index in [1.807, 2.05) is 42.6 Å². The molecule has 1 amide bonds. The molecule has 0 aliphatic heterocycles. The highest BCUT2D eigenvalue weighted by molar-refractivity contribution is 7.10. The Labute approximate surface area is 116 Å². The fraction of sp³-hybridized carbons (Fsp3) is 0.267. The molecule has 1 atom stereocenters. The highest BCUT2D eigenvalue weighted by Gasteiger charge is 2.11. The lowest BCUT2D eigenvalue weighted by Crippen LogP contribution is -2.26. The van der Waals surface area contributed by atoms with Gasteiger partial charge >= 0.3 is 0 Å². The number of carbonyl (C=O) groups excluding carboxylic acids is 1. The average molecular weight is 275 g/mol. The number of carbonyl (C=O) groups is 1. The van der Waals surface area contributed by atoms with E-state index in [2.05, 4.69) is 5.32 Å². The Balaban J connectivity index is 1.83. The smallest absolute Gasteiger partial charge is 0.251 e. The predicted molar refractivity (Wildman–Crippen MR) is 77.4 cm³/mol. The van der Waals surface area contributed by atoms with Crippen LogP contribution < -0.4 is 5.32 Å². The standard InChI is InChI=1S/C15H17NO2S/c1-11-5-2-3-6-12(11)15(18)16-9-8-13(17)14-7-4-10-19-14/h2-7,10,13,17H,8-9H2,1H3,(H,16,18). The first kappa shape index (κ1) is 13.8. The Morgan fingerprint density at radius 3 is 2.79 bits per heavy atom. The Hall–Kier alpha value is -1.65. The molecule has 4 heteroatoms. The minimum Gasteiger partial charge on any atom is -0.388 e. The van der Waals surface area contributed by atoms with Crippen LogP contribution in [-0.4, -0.2) is 17.6 Å². The van der Waals surface area contributed by atoms with Crippen molar-refractivity contribution in [3.8, 4) is 0 Å². The van der Waals surface area contributed by atoms with Crippen molar-refractivity contribution in [3.05, 3.63) is 57.8 Å². The molecule has 0 aliphatic carbocycles. The van der Waals surface area contributed by atoms with Gasteiger partial charge in [-0.05, 0) is 36.4 Å². The van der Waals surface area contributed by atoms with Crippen LogP contribution in [0.5, 0.6) is 0 Å². The highest BCUT2D eigenvalue weighted by atomic mass is 32.1. The van der Waals surface area contributed by atoms with Crippen molar-refractivity contribution in [3.63, 3.8) is 0 Å². The molecule has 1 aromatic carbocycles. The first-order chi connectivity index (χ1) is 9.18. The molecular weight excluding hydrogens is 258 g/mol. The fourth-order valence-electron chi connectivity index (χ4n) is 1.87. The van der Waals surface area contributed by atoms with Crippen LogP contribution in [0.2, 0.25) is 0 Å². The van der Waals surface area contributed by atoms with Crippen molar-refractivity contribution in [2.24, 2.45) is 0 Å². The topological polar surface area (TPSA) is 49.3 Å². The molecule has 2 aromatic rings. The molecule has 0 aliphatic rings. The molecule has 0 spiro atoms. The van der Waals surface area contributed by atoms with Gasteiger partial charge in [0.1, 0.15) is 0 Å². The summed E-state index contributed by atoms with van der Waals surface area (Å²) in [5.74, 6) is -0.0866. The van der Waals surface area contributed by atoms with Crippen molar-refractivity contribution < 1.29 is 9.90 Å². The summed E-state index contributed by atoms with van der Waals surface area (Å²) in [4.78, 5) is 12.9. The van der Waals surface area contributed by atoms with Gasteiger partial charge in [-0.1, -0.05) is 24.3 Å². The summed E-state index contributed by atoms with van der Waals surface area (Å²) in [5.41, 5.74) is 1.65. The second-order valence-corrected chi connectivity index (χ2v) is 5.37. The van der Waals surface area contributed by atoms with Gasteiger partial charge in [-0.2, -0.15) is 0 Å². The van der Waals surface area contributed by atoms with Crippen LogP contribution in [0.3, 0.4) is 0 Å². The molecule has 0 saturated carbocycles. The average Bonchev–Trinajstić information content (AvgIpc) is 2.93. The summed E-state index contributed by atoms with van der Waals surface area (Å²) < 4.78 is 0. The summed E-state index contributed by atoms with van der Waals surface area (Å²) in [6.45, 7) is 2.38. The molecule has 2 rings (SSSR count). The number of hydrogen-bond donors (Lipinski definition) is 2. The van der Waals surface area contributed by atoms with Crippen LogP contribution in [0.1, 0.15) is 33.3 Å². The minimum atomic E-state index is -0.503. The third-order valence-electron chi connectivity index (χ3n) is 2.96. The van der Waals surface area contributed by atoms with E-state index in [4.69, 9.17) is 0 Å². The van der Waals surface area contributed by atoms with E-state index < -0.39 is 6.10 Å². The summed E-state index contributed by atoms with van der Waals surface area (Å²) >= 11 is 1.53. The second-order valence-electron chi connectivity index (χ2n) is 4.39. The molecule has 0 saturated heterocycles. The van der Waals surface area contributed by atoms with Gasteiger partial charge in [0, 0.05) is 17.0 Å². The molecular formula is C15H17NO2S. The van der Waals surface area contributed by atoms with Crippen LogP contribution in [0.15, 0.2) is 41.8 Å². The zero-order valence-electron chi connectivity index (χ0n) is 10.8. The van der Waals surface area contributed by atoms with Gasteiger partial charge in [0.25, 0.3) is 5.91 Å². The van der Waals surface area contributed by atoms with E-state index >= 15 is 0 Å². The van der Waals surface area contributed by atoms with Crippen LogP contribution >= 0.6 is 11.3 Å². The number of hydrogen-bond acceptors (Lipinski definition) is 3. The Bertz CT molecular complexity index is 537. The number of aliphatic hydroxyl groups is 1. The lowest BCUT2D eigenvalue weighted by Gasteiger charge is -2.10. The molecule has 0 fully saturated rings. The van der Waals surface area contributed by atoms with E-state index in [-0.39, 0.29) is 5.91 Å². The third kappa shape index (κ3) is 3.66. The maximum absolute atomic E-state index is 11.9. The van der Waals surface area contributed by atoms with Gasteiger partial charge in [-0.25, -0.2) is 0 Å². The number of amides is 1. The number of rotatable bonds is 5. The van der Waals surface area contributed by atoms with Crippen molar-refractivity contribution in [2.45, 2.75) is 19.4 Å². The Morgan fingerprint density at radius 1 is 1.32 bits per heavy atom. The summed E-state index contributed by atoms with van der Waals surface area (Å²) in [5, 5.41) is 14.7. The molecule has 2 N–H and O–H groups in total. The summed E-state index contributed by atoms with van der Waals surface area (Å²) in [7, 11) is 0. The number of benzene rings is 1. The van der Waals surface area contributed by atoms with Crippen molar-refractivity contribution in [1.29, 1.82) is 0 Å². The van der Waals surface area contributed by atoms with Gasteiger partial charge in [0.2, 0.25) is 0 Å². The van der Waals surface area contributed by atoms with Gasteiger partial charge in [-0.3, -0.25) is 4.79 Å². The van der Waals surface area contributed by atoms with E-state index in [0.717, 1.165) is 10.4 Å². The van der Waals surface area contributed by atoms with Crippen LogP contribution in [0.4, 0.5) is 0 Å². The normalized spacial score (nSPS) is 12.1. The van der Waals surface area contributed by atoms with Gasteiger partial charge in [0.15, 0.2) is 0 Å². The molecule has 1 aromatic heterocycles. The quantitative estimate of drug-likeness (QED) is 0.881. The highest BCUT2D eigenvalue weighted by Crippen LogP contribution is 2.20. The number of aryl methyl sites for hydroxylation is 1. The molecule has 3 nitrogen and oxygen atoms in total. The summed E-state index contributed by atoms with van der Waals surface area (Å²) in [6, 6.07) is 11.3. The molecule has 0 radical (unpaired) electrons. The number of nitrogens with one attached hydrogen (secondary N) is 1. The molecule has 0 bridgehead atoms. The van der Waals surface area contributed by atoms with E-state index in [9.17, 15) is 9.90 Å². The van der Waals surface area contributed by atoms with E-state index in [0.29, 0.717) is 18.5 Å². The van der Waals surface area contributed by atoms with E-state index in [1.165, 1.54) is 11.3 Å². The van der Waals surface area contributed by atoms with Gasteiger partial charge in [-0.15, -0.1) is 11.3 Å². The van der Waals surface area contributed by atoms with Gasteiger partial charge in [0.05, 0.1) is 6.10 Å². The van der Waals surface area contributed by atoms with Crippen LogP contribution in [0.25, 0.3) is 0 Å². The molecule has 1 unspecified atom stereocenters. The van der Waals surface area contributed by atoms with Crippen LogP contribution in [-0.2, 0) is 0 Å². The molecule has 100 valence electrons. The Morgan fingerprint density at radius 2 is 2.11 bits per heavy atom. The first-order valence-corrected chi connectivity index (χ1v) is 7.11. The van der Waals surface area contributed by atoms with Gasteiger partial charge < -0.3 is 10.4 Å². The monoisotopic (exact) mass is 275 g/mol. The van der Waals surface area contributed by atoms with E-state index in [1.54, 1.807) is 6.07 Å². The first-order valence-electron chi connectivity index (χ1n) is 6.24. The van der Waals surface area contributed by atoms with Crippen LogP contribution in [0, 0.1) is 6.92 Å². The fourth-order valence-corrected chi connectivity index (χ4v) is 2.61. The zero-order valence-corrected chi connectivity index (χ0v) is 11.6. The molecule has 1 heterocycles. The largest absolute Gasteiger partial charge is 0.388 e. The van der Waals surface area contributed by atoms with Crippen molar-refractivity contribution in [1.82, 2.24) is 5.32 Å². The predicted octanol–water partition coefficient (Wildman–Crippen LogP) is 2.91. The lowest BCUT2D eigenvalue weighted by atomic mass is 10.1. The number of aliphatic hydroxyl groups excluding tert-OH is 1. The number of thiophene rings is 1. The Kier molecular flexibility index (Phi) is 4.71. The third-order valence-corrected chi connectivity index (χ3v) is 3.94. The maximum Gasteiger partial charge on any atom is 0.251 e. The SMILES string of the molecule is Cc1ccccc1C(=O)NCCC(O)c1cccs1. The van der Waals surface area contributed by atoms with Crippen molar-refractivity contribution >= 4 is 17.2 Å². The molecule has 19 heavy (non-hydrogen) atoms. The lowest BCUT2D eigenvalue weighted by molar-refractivity contribution is 0.0942. The summed E-state index contributed by atoms with van der Waals surface area (Å²) in [6.07, 6.45) is 0.0233.